The molecule has 0 radical (unpaired) electrons. The first-order valence-electron chi connectivity index (χ1n) is 4.64. The summed E-state index contributed by atoms with van der Waals surface area (Å²) in [7, 11) is 0. The maximum absolute atomic E-state index is 11.9. The van der Waals surface area contributed by atoms with Crippen LogP contribution in [0.15, 0.2) is 0 Å². The van der Waals surface area contributed by atoms with Crippen LogP contribution >= 0.6 is 0 Å². The number of carbonyl (C=O) groups excluding carboxylic acids is 1. The fourth-order valence-electron chi connectivity index (χ4n) is 1.37. The number of esters is 1. The zero-order valence-corrected chi connectivity index (χ0v) is 8.32. The van der Waals surface area contributed by atoms with Crippen molar-refractivity contribution in [3.8, 4) is 0 Å². The van der Waals surface area contributed by atoms with E-state index in [0.717, 1.165) is 0 Å². The lowest BCUT2D eigenvalue weighted by Crippen LogP contribution is -2.62. The average molecular weight is 239 g/mol. The predicted molar refractivity (Wildman–Crippen MR) is 47.8 cm³/mol. The van der Waals surface area contributed by atoms with Crippen LogP contribution in [0.1, 0.15) is 0 Å². The lowest BCUT2D eigenvalue weighted by Gasteiger charge is -2.39. The Balaban J connectivity index is 2.67. The van der Waals surface area contributed by atoms with Gasteiger partial charge in [0.2, 0.25) is 6.29 Å². The molecule has 5 N–H and O–H groups in total. The van der Waals surface area contributed by atoms with Crippen molar-refractivity contribution in [1.82, 2.24) is 0 Å². The molecule has 8 heteroatoms. The number of hydrogen-bond donors (Lipinski definition) is 4. The van der Waals surface area contributed by atoms with Crippen molar-refractivity contribution in [2.75, 3.05) is 13.3 Å². The highest BCUT2D eigenvalue weighted by atomic mass is 19.1. The number of alkyl halides is 1. The Morgan fingerprint density at radius 1 is 1.44 bits per heavy atom. The van der Waals surface area contributed by atoms with Gasteiger partial charge in [0.1, 0.15) is 18.3 Å². The number of rotatable bonds is 3. The van der Waals surface area contributed by atoms with E-state index in [4.69, 9.17) is 15.6 Å². The van der Waals surface area contributed by atoms with Gasteiger partial charge >= 0.3 is 5.97 Å². The molecule has 1 aliphatic heterocycles. The van der Waals surface area contributed by atoms with Crippen LogP contribution in [0.5, 0.6) is 0 Å². The Morgan fingerprint density at radius 3 is 2.56 bits per heavy atom. The van der Waals surface area contributed by atoms with Crippen molar-refractivity contribution in [3.05, 3.63) is 0 Å². The Labute approximate surface area is 90.6 Å². The maximum atomic E-state index is 11.9. The lowest BCUT2D eigenvalue weighted by atomic mass is 9.98. The van der Waals surface area contributed by atoms with Crippen LogP contribution in [0.3, 0.4) is 0 Å². The molecule has 1 fully saturated rings. The molecule has 0 saturated carbocycles. The second-order valence-corrected chi connectivity index (χ2v) is 3.41. The van der Waals surface area contributed by atoms with Gasteiger partial charge in [-0.05, 0) is 0 Å². The van der Waals surface area contributed by atoms with Crippen molar-refractivity contribution in [1.29, 1.82) is 0 Å². The van der Waals surface area contributed by atoms with E-state index in [-0.39, 0.29) is 0 Å². The molecule has 0 spiro atoms. The largest absolute Gasteiger partial charge is 0.432 e. The average Bonchev–Trinajstić information content (AvgIpc) is 2.29. The van der Waals surface area contributed by atoms with Gasteiger partial charge < -0.3 is 30.5 Å². The number of halogens is 1. The van der Waals surface area contributed by atoms with E-state index in [1.807, 2.05) is 0 Å². The molecule has 0 bridgehead atoms. The summed E-state index contributed by atoms with van der Waals surface area (Å²) in [6.45, 7) is -1.94. The van der Waals surface area contributed by atoms with Crippen LogP contribution < -0.4 is 5.73 Å². The highest BCUT2D eigenvalue weighted by Crippen LogP contribution is 2.20. The molecule has 1 aliphatic rings. The Hall–Kier alpha value is -0.800. The number of hydrogen-bond acceptors (Lipinski definition) is 7. The van der Waals surface area contributed by atoms with Gasteiger partial charge in [-0.1, -0.05) is 0 Å². The minimum absolute atomic E-state index is 0.589. The van der Waals surface area contributed by atoms with Crippen LogP contribution in [-0.4, -0.2) is 65.2 Å². The van der Waals surface area contributed by atoms with Gasteiger partial charge in [0, 0.05) is 0 Å². The van der Waals surface area contributed by atoms with Crippen LogP contribution in [-0.2, 0) is 14.3 Å². The predicted octanol–water partition coefficient (Wildman–Crippen LogP) is -2.73. The molecular weight excluding hydrogens is 225 g/mol. The normalized spacial score (nSPS) is 39.4. The second-order valence-electron chi connectivity index (χ2n) is 3.41. The van der Waals surface area contributed by atoms with Crippen molar-refractivity contribution in [2.45, 2.75) is 30.6 Å². The van der Waals surface area contributed by atoms with Gasteiger partial charge in [0.25, 0.3) is 0 Å². The molecular formula is C8H14FNO6. The molecule has 94 valence electrons. The third kappa shape index (κ3) is 2.66. The molecule has 1 unspecified atom stereocenters. The summed E-state index contributed by atoms with van der Waals surface area (Å²) in [6.07, 6.45) is -5.34. The summed E-state index contributed by atoms with van der Waals surface area (Å²) in [5.74, 6) is -1.19. The van der Waals surface area contributed by atoms with E-state index >= 15 is 0 Å². The minimum Gasteiger partial charge on any atom is -0.432 e. The smallest absolute Gasteiger partial charge is 0.339 e. The quantitative estimate of drug-likeness (QED) is 0.394. The summed E-state index contributed by atoms with van der Waals surface area (Å²) >= 11 is 0. The summed E-state index contributed by atoms with van der Waals surface area (Å²) < 4.78 is 21.3. The highest BCUT2D eigenvalue weighted by molar-refractivity contribution is 5.70. The number of aliphatic hydroxyl groups excluding tert-OH is 3. The molecule has 0 aromatic rings. The van der Waals surface area contributed by atoms with Crippen molar-refractivity contribution in [2.24, 2.45) is 5.73 Å². The molecule has 0 aromatic heterocycles. The zero-order chi connectivity index (χ0) is 12.3. The van der Waals surface area contributed by atoms with Gasteiger partial charge in [-0.3, -0.25) is 0 Å². The van der Waals surface area contributed by atoms with Crippen molar-refractivity contribution in [3.63, 3.8) is 0 Å². The van der Waals surface area contributed by atoms with Gasteiger partial charge in [-0.15, -0.1) is 0 Å². The van der Waals surface area contributed by atoms with Crippen LogP contribution in [0.2, 0.25) is 0 Å². The van der Waals surface area contributed by atoms with E-state index in [9.17, 15) is 19.4 Å². The second kappa shape index (κ2) is 5.51. The van der Waals surface area contributed by atoms with Gasteiger partial charge in [-0.2, -0.15) is 0 Å². The third-order valence-corrected chi connectivity index (χ3v) is 2.29. The third-order valence-electron chi connectivity index (χ3n) is 2.29. The summed E-state index contributed by atoms with van der Waals surface area (Å²) in [5.41, 5.74) is 5.42. The lowest BCUT2D eigenvalue weighted by molar-refractivity contribution is -0.259. The fourth-order valence-corrected chi connectivity index (χ4v) is 1.37. The number of ether oxygens (including phenoxy) is 2. The Bertz CT molecular complexity index is 251. The highest BCUT2D eigenvalue weighted by Gasteiger charge is 2.44. The summed E-state index contributed by atoms with van der Waals surface area (Å²) in [4.78, 5) is 10.7. The van der Waals surface area contributed by atoms with Crippen LogP contribution in [0.25, 0.3) is 0 Å². The molecule has 1 heterocycles. The van der Waals surface area contributed by atoms with Crippen LogP contribution in [0.4, 0.5) is 4.39 Å². The van der Waals surface area contributed by atoms with Gasteiger partial charge in [-0.25, -0.2) is 9.18 Å². The Kier molecular flexibility index (Phi) is 4.56. The minimum atomic E-state index is -1.43. The van der Waals surface area contributed by atoms with E-state index in [1.165, 1.54) is 0 Å². The van der Waals surface area contributed by atoms with Gasteiger partial charge in [0.15, 0.2) is 6.67 Å². The topological polar surface area (TPSA) is 122 Å². The number of nitrogens with two attached hydrogens (primary N) is 1. The molecule has 1 saturated heterocycles. The SMILES string of the molecule is N[C@H]1C(OC(=O)CF)O[C@H](CO)[C@@H](O)[C@@H]1O. The Morgan fingerprint density at radius 2 is 2.06 bits per heavy atom. The maximum Gasteiger partial charge on any atom is 0.339 e. The molecule has 0 aromatic carbocycles. The number of carbonyl (C=O) groups is 1. The number of aliphatic hydroxyl groups is 3. The first-order chi connectivity index (χ1) is 7.51. The van der Waals surface area contributed by atoms with Crippen LogP contribution in [0, 0.1) is 0 Å². The van der Waals surface area contributed by atoms with E-state index < -0.39 is 49.9 Å². The van der Waals surface area contributed by atoms with Gasteiger partial charge in [0.05, 0.1) is 12.6 Å². The molecule has 0 aliphatic carbocycles. The van der Waals surface area contributed by atoms with E-state index in [1.54, 1.807) is 0 Å². The summed E-state index contributed by atoms with van der Waals surface area (Å²) in [6, 6.07) is -1.20. The van der Waals surface area contributed by atoms with E-state index in [0.29, 0.717) is 0 Å². The van der Waals surface area contributed by atoms with Crippen molar-refractivity contribution < 1.29 is 34.0 Å². The fraction of sp³-hybridized carbons (Fsp3) is 0.875. The first-order valence-corrected chi connectivity index (χ1v) is 4.64. The first kappa shape index (κ1) is 13.3. The molecule has 16 heavy (non-hydrogen) atoms. The summed E-state index contributed by atoms with van der Waals surface area (Å²) in [5, 5.41) is 27.7. The molecule has 5 atom stereocenters. The van der Waals surface area contributed by atoms with Crippen molar-refractivity contribution >= 4 is 5.97 Å². The molecule has 1 rings (SSSR count). The molecule has 7 nitrogen and oxygen atoms in total. The monoisotopic (exact) mass is 239 g/mol. The van der Waals surface area contributed by atoms with E-state index in [2.05, 4.69) is 4.74 Å². The zero-order valence-electron chi connectivity index (χ0n) is 8.32. The molecule has 0 amide bonds. The standard InChI is InChI=1S/C8H14FNO6/c9-1-4(12)16-8-5(10)7(14)6(13)3(2-11)15-8/h3,5-8,11,13-14H,1-2,10H2/t3-,5-,6-,7-,8?/m1/s1.